The average molecular weight is 193 g/mol. The van der Waals surface area contributed by atoms with Gasteiger partial charge in [0, 0.05) is 13.1 Å². The van der Waals surface area contributed by atoms with Crippen LogP contribution >= 0.6 is 0 Å². The highest BCUT2D eigenvalue weighted by Crippen LogP contribution is 2.15. The third kappa shape index (κ3) is 1.96. The van der Waals surface area contributed by atoms with E-state index in [0.29, 0.717) is 5.69 Å². The Balaban J connectivity index is 2.10. The molecule has 0 bridgehead atoms. The molecule has 2 N–H and O–H groups in total. The Kier molecular flexibility index (Phi) is 2.54. The monoisotopic (exact) mass is 193 g/mol. The number of anilines is 2. The molecule has 1 aliphatic heterocycles. The van der Waals surface area contributed by atoms with E-state index in [1.54, 1.807) is 6.20 Å². The zero-order valence-electron chi connectivity index (χ0n) is 8.31. The van der Waals surface area contributed by atoms with Crippen molar-refractivity contribution < 1.29 is 4.74 Å². The average Bonchev–Trinajstić information content (AvgIpc) is 2.19. The summed E-state index contributed by atoms with van der Waals surface area (Å²) < 4.78 is 5.46. The van der Waals surface area contributed by atoms with Crippen molar-refractivity contribution in [1.29, 1.82) is 0 Å². The van der Waals surface area contributed by atoms with Crippen LogP contribution in [0.3, 0.4) is 0 Å². The lowest BCUT2D eigenvalue weighted by Gasteiger charge is -2.31. The molecule has 1 atom stereocenters. The molecule has 0 saturated carbocycles. The van der Waals surface area contributed by atoms with Crippen LogP contribution in [0.4, 0.5) is 11.5 Å². The molecule has 0 radical (unpaired) electrons. The Morgan fingerprint density at radius 3 is 3.07 bits per heavy atom. The van der Waals surface area contributed by atoms with Crippen LogP contribution in [0.1, 0.15) is 6.92 Å². The maximum atomic E-state index is 5.58. The lowest BCUT2D eigenvalue weighted by atomic mass is 10.3. The van der Waals surface area contributed by atoms with Crippen LogP contribution < -0.4 is 10.6 Å². The van der Waals surface area contributed by atoms with Crippen LogP contribution in [0, 0.1) is 0 Å². The summed E-state index contributed by atoms with van der Waals surface area (Å²) >= 11 is 0. The van der Waals surface area contributed by atoms with Gasteiger partial charge in [-0.2, -0.15) is 0 Å². The second-order valence-electron chi connectivity index (χ2n) is 3.58. The molecule has 1 aromatic heterocycles. The van der Waals surface area contributed by atoms with Crippen LogP contribution in [0.25, 0.3) is 0 Å². The van der Waals surface area contributed by atoms with Crippen LogP contribution in [0.5, 0.6) is 0 Å². The summed E-state index contributed by atoms with van der Waals surface area (Å²) in [5.74, 6) is 0.981. The summed E-state index contributed by atoms with van der Waals surface area (Å²) in [6, 6.07) is 3.83. The van der Waals surface area contributed by atoms with Gasteiger partial charge in [-0.3, -0.25) is 0 Å². The van der Waals surface area contributed by atoms with Crippen molar-refractivity contribution in [2.75, 3.05) is 30.3 Å². The highest BCUT2D eigenvalue weighted by molar-refractivity contribution is 5.46. The van der Waals surface area contributed by atoms with E-state index in [-0.39, 0.29) is 6.10 Å². The smallest absolute Gasteiger partial charge is 0.128 e. The van der Waals surface area contributed by atoms with E-state index in [2.05, 4.69) is 16.8 Å². The number of nitrogen functional groups attached to an aromatic ring is 1. The third-order valence-corrected chi connectivity index (χ3v) is 2.34. The first kappa shape index (κ1) is 9.27. The maximum absolute atomic E-state index is 5.58. The minimum absolute atomic E-state index is 0.281. The molecule has 0 amide bonds. The first-order valence-corrected chi connectivity index (χ1v) is 4.84. The summed E-state index contributed by atoms with van der Waals surface area (Å²) in [7, 11) is 0. The number of hydrogen-bond donors (Lipinski definition) is 1. The SMILES string of the molecule is C[C@H]1CN(c2ccc(N)cn2)CCO1. The molecule has 0 aliphatic carbocycles. The Hall–Kier alpha value is -1.29. The highest BCUT2D eigenvalue weighted by Gasteiger charge is 2.17. The Labute approximate surface area is 83.7 Å². The number of morpholine rings is 1. The van der Waals surface area contributed by atoms with E-state index in [1.165, 1.54) is 0 Å². The quantitative estimate of drug-likeness (QED) is 0.719. The maximum Gasteiger partial charge on any atom is 0.128 e. The number of nitrogens with two attached hydrogens (primary N) is 1. The van der Waals surface area contributed by atoms with Gasteiger partial charge in [0.05, 0.1) is 24.6 Å². The van der Waals surface area contributed by atoms with Crippen molar-refractivity contribution in [3.05, 3.63) is 18.3 Å². The van der Waals surface area contributed by atoms with Gasteiger partial charge < -0.3 is 15.4 Å². The van der Waals surface area contributed by atoms with Gasteiger partial charge in [0.2, 0.25) is 0 Å². The molecular weight excluding hydrogens is 178 g/mol. The minimum Gasteiger partial charge on any atom is -0.397 e. The molecule has 1 saturated heterocycles. The first-order valence-electron chi connectivity index (χ1n) is 4.84. The topological polar surface area (TPSA) is 51.4 Å². The molecule has 1 fully saturated rings. The van der Waals surface area contributed by atoms with Crippen molar-refractivity contribution in [3.8, 4) is 0 Å². The molecule has 0 spiro atoms. The molecule has 14 heavy (non-hydrogen) atoms. The van der Waals surface area contributed by atoms with E-state index in [4.69, 9.17) is 10.5 Å². The van der Waals surface area contributed by atoms with Crippen LogP contribution in [-0.2, 0) is 4.74 Å². The third-order valence-electron chi connectivity index (χ3n) is 2.34. The lowest BCUT2D eigenvalue weighted by molar-refractivity contribution is 0.0529. The molecule has 0 unspecified atom stereocenters. The fourth-order valence-corrected chi connectivity index (χ4v) is 1.61. The second kappa shape index (κ2) is 3.84. The molecule has 0 aromatic carbocycles. The zero-order valence-corrected chi connectivity index (χ0v) is 8.31. The standard InChI is InChI=1S/C10H15N3O/c1-8-7-13(4-5-14-8)10-3-2-9(11)6-12-10/h2-3,6,8H,4-5,7,11H2,1H3/t8-/m0/s1. The fraction of sp³-hybridized carbons (Fsp3) is 0.500. The Morgan fingerprint density at radius 1 is 1.57 bits per heavy atom. The molecule has 1 aromatic rings. The first-order chi connectivity index (χ1) is 6.75. The largest absolute Gasteiger partial charge is 0.397 e. The van der Waals surface area contributed by atoms with Gasteiger partial charge >= 0.3 is 0 Å². The zero-order chi connectivity index (χ0) is 9.97. The number of nitrogens with zero attached hydrogens (tertiary/aromatic N) is 2. The van der Waals surface area contributed by atoms with Crippen LogP contribution in [0.2, 0.25) is 0 Å². The number of ether oxygens (including phenoxy) is 1. The van der Waals surface area contributed by atoms with Gasteiger partial charge in [-0.1, -0.05) is 0 Å². The molecular formula is C10H15N3O. The van der Waals surface area contributed by atoms with E-state index in [0.717, 1.165) is 25.5 Å². The fourth-order valence-electron chi connectivity index (χ4n) is 1.61. The Morgan fingerprint density at radius 2 is 2.43 bits per heavy atom. The number of aromatic nitrogens is 1. The molecule has 4 heteroatoms. The molecule has 2 rings (SSSR count). The van der Waals surface area contributed by atoms with E-state index >= 15 is 0 Å². The molecule has 2 heterocycles. The van der Waals surface area contributed by atoms with Crippen molar-refractivity contribution in [2.24, 2.45) is 0 Å². The molecule has 4 nitrogen and oxygen atoms in total. The van der Waals surface area contributed by atoms with E-state index in [1.807, 2.05) is 12.1 Å². The summed E-state index contributed by atoms with van der Waals surface area (Å²) in [4.78, 5) is 6.50. The highest BCUT2D eigenvalue weighted by atomic mass is 16.5. The lowest BCUT2D eigenvalue weighted by Crippen LogP contribution is -2.41. The van der Waals surface area contributed by atoms with Crippen LogP contribution in [-0.4, -0.2) is 30.8 Å². The van der Waals surface area contributed by atoms with Crippen molar-refractivity contribution in [1.82, 2.24) is 4.98 Å². The van der Waals surface area contributed by atoms with Gasteiger partial charge in [0.25, 0.3) is 0 Å². The molecule has 76 valence electrons. The second-order valence-corrected chi connectivity index (χ2v) is 3.58. The normalized spacial score (nSPS) is 22.4. The van der Waals surface area contributed by atoms with Crippen molar-refractivity contribution in [2.45, 2.75) is 13.0 Å². The van der Waals surface area contributed by atoms with Gasteiger partial charge in [-0.05, 0) is 19.1 Å². The summed E-state index contributed by atoms with van der Waals surface area (Å²) in [6.07, 6.45) is 1.97. The van der Waals surface area contributed by atoms with Crippen LogP contribution in [0.15, 0.2) is 18.3 Å². The van der Waals surface area contributed by atoms with Gasteiger partial charge in [-0.25, -0.2) is 4.98 Å². The number of hydrogen-bond acceptors (Lipinski definition) is 4. The van der Waals surface area contributed by atoms with Gasteiger partial charge in [0.1, 0.15) is 5.82 Å². The predicted octanol–water partition coefficient (Wildman–Crippen LogP) is 0.889. The van der Waals surface area contributed by atoms with Crippen molar-refractivity contribution >= 4 is 11.5 Å². The summed E-state index contributed by atoms with van der Waals surface area (Å²) in [5, 5.41) is 0. The number of pyridine rings is 1. The summed E-state index contributed by atoms with van der Waals surface area (Å²) in [5.41, 5.74) is 6.28. The minimum atomic E-state index is 0.281. The van der Waals surface area contributed by atoms with Gasteiger partial charge in [0.15, 0.2) is 0 Å². The molecule has 1 aliphatic rings. The Bertz CT molecular complexity index is 299. The number of rotatable bonds is 1. The van der Waals surface area contributed by atoms with Crippen molar-refractivity contribution in [3.63, 3.8) is 0 Å². The predicted molar refractivity (Wildman–Crippen MR) is 56.3 cm³/mol. The van der Waals surface area contributed by atoms with E-state index in [9.17, 15) is 0 Å². The summed E-state index contributed by atoms with van der Waals surface area (Å²) in [6.45, 7) is 4.65. The van der Waals surface area contributed by atoms with E-state index < -0.39 is 0 Å². The van der Waals surface area contributed by atoms with Gasteiger partial charge in [-0.15, -0.1) is 0 Å².